The highest BCUT2D eigenvalue weighted by Gasteiger charge is 2.16. The summed E-state index contributed by atoms with van der Waals surface area (Å²) in [5.74, 6) is 0.298. The van der Waals surface area contributed by atoms with Crippen LogP contribution in [0.25, 0.3) is 27.6 Å². The molecule has 30 heavy (non-hydrogen) atoms. The van der Waals surface area contributed by atoms with Gasteiger partial charge in [0.2, 0.25) is 11.0 Å². The standard InChI is InChI=1S/C21H16ClFN4O2S/c1-29-16-8-4-14(5-9-16)18-12-30-21(24-18)27-19(25-20(28)11-22)10-17(26-27)13-2-6-15(23)7-3-13/h2-10,12H,11H2,1H3,(H,25,28). The van der Waals surface area contributed by atoms with E-state index in [0.29, 0.717) is 22.2 Å². The number of rotatable bonds is 6. The molecule has 0 aliphatic rings. The Labute approximate surface area is 180 Å². The Morgan fingerprint density at radius 1 is 1.13 bits per heavy atom. The minimum absolute atomic E-state index is 0.188. The summed E-state index contributed by atoms with van der Waals surface area (Å²) in [6, 6.07) is 15.2. The van der Waals surface area contributed by atoms with Gasteiger partial charge in [0.25, 0.3) is 0 Å². The van der Waals surface area contributed by atoms with Gasteiger partial charge in [-0.3, -0.25) is 4.79 Å². The molecule has 4 rings (SSSR count). The lowest BCUT2D eigenvalue weighted by atomic mass is 10.1. The van der Waals surface area contributed by atoms with Crippen molar-refractivity contribution in [1.29, 1.82) is 0 Å². The number of carbonyl (C=O) groups excluding carboxylic acids is 1. The summed E-state index contributed by atoms with van der Waals surface area (Å²) in [4.78, 5) is 16.5. The third-order valence-electron chi connectivity index (χ3n) is 4.30. The average molecular weight is 443 g/mol. The summed E-state index contributed by atoms with van der Waals surface area (Å²) in [7, 11) is 1.61. The topological polar surface area (TPSA) is 69.0 Å². The molecule has 1 N–H and O–H groups in total. The van der Waals surface area contributed by atoms with Gasteiger partial charge >= 0.3 is 0 Å². The summed E-state index contributed by atoms with van der Waals surface area (Å²) in [5.41, 5.74) is 2.98. The molecule has 0 spiro atoms. The van der Waals surface area contributed by atoms with E-state index >= 15 is 0 Å². The first-order valence-electron chi connectivity index (χ1n) is 8.89. The molecule has 0 aliphatic heterocycles. The highest BCUT2D eigenvalue weighted by atomic mass is 35.5. The number of benzene rings is 2. The fourth-order valence-electron chi connectivity index (χ4n) is 2.81. The fourth-order valence-corrected chi connectivity index (χ4v) is 3.67. The fraction of sp³-hybridized carbons (Fsp3) is 0.0952. The van der Waals surface area contributed by atoms with Crippen molar-refractivity contribution in [2.75, 3.05) is 18.3 Å². The lowest BCUT2D eigenvalue weighted by Gasteiger charge is -2.04. The van der Waals surface area contributed by atoms with Crippen LogP contribution in [0.4, 0.5) is 10.2 Å². The van der Waals surface area contributed by atoms with Crippen LogP contribution in [0.3, 0.4) is 0 Å². The maximum absolute atomic E-state index is 13.3. The predicted molar refractivity (Wildman–Crippen MR) is 116 cm³/mol. The van der Waals surface area contributed by atoms with Gasteiger partial charge < -0.3 is 10.1 Å². The molecule has 0 unspecified atom stereocenters. The lowest BCUT2D eigenvalue weighted by Crippen LogP contribution is -2.15. The van der Waals surface area contributed by atoms with Gasteiger partial charge in [0, 0.05) is 22.6 Å². The SMILES string of the molecule is COc1ccc(-c2csc(-n3nc(-c4ccc(F)cc4)cc3NC(=O)CCl)n2)cc1. The first-order chi connectivity index (χ1) is 14.6. The van der Waals surface area contributed by atoms with Crippen molar-refractivity contribution in [2.45, 2.75) is 0 Å². The van der Waals surface area contributed by atoms with Crippen molar-refractivity contribution < 1.29 is 13.9 Å². The quantitative estimate of drug-likeness (QED) is 0.427. The summed E-state index contributed by atoms with van der Waals surface area (Å²) >= 11 is 7.02. The van der Waals surface area contributed by atoms with E-state index in [4.69, 9.17) is 16.3 Å². The molecule has 0 bridgehead atoms. The molecular formula is C21H16ClFN4O2S. The van der Waals surface area contributed by atoms with E-state index < -0.39 is 0 Å². The highest BCUT2D eigenvalue weighted by Crippen LogP contribution is 2.30. The van der Waals surface area contributed by atoms with Crippen LogP contribution < -0.4 is 10.1 Å². The van der Waals surface area contributed by atoms with E-state index in [-0.39, 0.29) is 17.6 Å². The highest BCUT2D eigenvalue weighted by molar-refractivity contribution is 7.12. The number of hydrogen-bond donors (Lipinski definition) is 1. The first-order valence-corrected chi connectivity index (χ1v) is 10.3. The zero-order valence-corrected chi connectivity index (χ0v) is 17.4. The molecular weight excluding hydrogens is 427 g/mol. The van der Waals surface area contributed by atoms with Gasteiger partial charge in [0.1, 0.15) is 23.3 Å². The summed E-state index contributed by atoms with van der Waals surface area (Å²) in [6.07, 6.45) is 0. The monoisotopic (exact) mass is 442 g/mol. The van der Waals surface area contributed by atoms with Gasteiger partial charge in [-0.1, -0.05) is 0 Å². The molecule has 0 radical (unpaired) electrons. The Morgan fingerprint density at radius 3 is 2.47 bits per heavy atom. The van der Waals surface area contributed by atoms with Crippen LogP contribution in [0, 0.1) is 5.82 Å². The number of hydrogen-bond acceptors (Lipinski definition) is 5. The van der Waals surface area contributed by atoms with E-state index in [2.05, 4.69) is 15.4 Å². The third-order valence-corrected chi connectivity index (χ3v) is 5.36. The summed E-state index contributed by atoms with van der Waals surface area (Å²) in [6.45, 7) is 0. The molecule has 2 aromatic heterocycles. The number of amides is 1. The Morgan fingerprint density at radius 2 is 1.80 bits per heavy atom. The predicted octanol–water partition coefficient (Wildman–Crippen LogP) is 4.99. The van der Waals surface area contributed by atoms with Crippen molar-refractivity contribution in [3.8, 4) is 33.4 Å². The van der Waals surface area contributed by atoms with E-state index in [9.17, 15) is 9.18 Å². The van der Waals surface area contributed by atoms with E-state index in [1.165, 1.54) is 23.5 Å². The summed E-state index contributed by atoms with van der Waals surface area (Å²) < 4.78 is 20.0. The molecule has 0 aliphatic carbocycles. The van der Waals surface area contributed by atoms with Gasteiger partial charge in [-0.2, -0.15) is 9.78 Å². The Kier molecular flexibility index (Phi) is 5.78. The Balaban J connectivity index is 1.72. The number of alkyl halides is 1. The number of aromatic nitrogens is 3. The molecule has 4 aromatic rings. The van der Waals surface area contributed by atoms with Crippen LogP contribution in [0.15, 0.2) is 60.0 Å². The number of nitrogens with zero attached hydrogens (tertiary/aromatic N) is 3. The smallest absolute Gasteiger partial charge is 0.240 e. The number of carbonyl (C=O) groups is 1. The second kappa shape index (κ2) is 8.64. The van der Waals surface area contributed by atoms with Crippen molar-refractivity contribution in [2.24, 2.45) is 0 Å². The summed E-state index contributed by atoms with van der Waals surface area (Å²) in [5, 5.41) is 9.77. The van der Waals surface area contributed by atoms with Crippen LogP contribution in [0.1, 0.15) is 0 Å². The van der Waals surface area contributed by atoms with Crippen molar-refractivity contribution >= 4 is 34.7 Å². The molecule has 0 saturated heterocycles. The number of anilines is 1. The number of ether oxygens (including phenoxy) is 1. The number of thiazole rings is 1. The van der Waals surface area contributed by atoms with Gasteiger partial charge in [0.05, 0.1) is 18.5 Å². The van der Waals surface area contributed by atoms with Crippen LogP contribution in [-0.4, -0.2) is 33.7 Å². The second-order valence-electron chi connectivity index (χ2n) is 6.26. The lowest BCUT2D eigenvalue weighted by molar-refractivity contribution is -0.114. The molecule has 0 atom stereocenters. The van der Waals surface area contributed by atoms with E-state index in [1.807, 2.05) is 29.6 Å². The van der Waals surface area contributed by atoms with Crippen LogP contribution in [0.2, 0.25) is 0 Å². The molecule has 0 saturated carbocycles. The number of nitrogens with one attached hydrogen (secondary N) is 1. The van der Waals surface area contributed by atoms with Crippen molar-refractivity contribution in [3.05, 3.63) is 65.8 Å². The van der Waals surface area contributed by atoms with Crippen molar-refractivity contribution in [1.82, 2.24) is 14.8 Å². The Hall–Kier alpha value is -3.23. The molecule has 6 nitrogen and oxygen atoms in total. The number of methoxy groups -OCH3 is 1. The first kappa shape index (κ1) is 20.1. The third kappa shape index (κ3) is 4.19. The maximum atomic E-state index is 13.3. The van der Waals surface area contributed by atoms with Gasteiger partial charge in [0.15, 0.2) is 0 Å². The van der Waals surface area contributed by atoms with Gasteiger partial charge in [-0.05, 0) is 48.5 Å². The molecule has 0 fully saturated rings. The largest absolute Gasteiger partial charge is 0.497 e. The van der Waals surface area contributed by atoms with Gasteiger partial charge in [-0.25, -0.2) is 9.37 Å². The molecule has 152 valence electrons. The van der Waals surface area contributed by atoms with Crippen molar-refractivity contribution in [3.63, 3.8) is 0 Å². The molecule has 1 amide bonds. The minimum atomic E-state index is -0.365. The van der Waals surface area contributed by atoms with Gasteiger partial charge in [-0.15, -0.1) is 22.9 Å². The number of halogens is 2. The van der Waals surface area contributed by atoms with Crippen LogP contribution >= 0.6 is 22.9 Å². The molecule has 2 aromatic carbocycles. The van der Waals surface area contributed by atoms with E-state index in [1.54, 1.807) is 30.0 Å². The Bertz CT molecular complexity index is 1170. The minimum Gasteiger partial charge on any atom is -0.497 e. The average Bonchev–Trinajstić information content (AvgIpc) is 3.41. The zero-order chi connectivity index (χ0) is 21.1. The molecule has 9 heteroatoms. The maximum Gasteiger partial charge on any atom is 0.240 e. The van der Waals surface area contributed by atoms with E-state index in [0.717, 1.165) is 17.0 Å². The van der Waals surface area contributed by atoms with Crippen LogP contribution in [0.5, 0.6) is 5.75 Å². The second-order valence-corrected chi connectivity index (χ2v) is 7.36. The zero-order valence-electron chi connectivity index (χ0n) is 15.8. The normalized spacial score (nSPS) is 10.8. The molecule has 2 heterocycles. The van der Waals surface area contributed by atoms with Crippen LogP contribution in [-0.2, 0) is 4.79 Å².